The molecule has 1 aliphatic carbocycles. The summed E-state index contributed by atoms with van der Waals surface area (Å²) in [5, 5.41) is -0.507. The van der Waals surface area contributed by atoms with Crippen molar-refractivity contribution in [1.29, 1.82) is 0 Å². The summed E-state index contributed by atoms with van der Waals surface area (Å²) in [6.45, 7) is 0. The zero-order valence-corrected chi connectivity index (χ0v) is 13.2. The molecule has 3 heteroatoms. The predicted molar refractivity (Wildman–Crippen MR) is 89.3 cm³/mol. The van der Waals surface area contributed by atoms with Gasteiger partial charge in [0, 0.05) is 0 Å². The highest BCUT2D eigenvalue weighted by molar-refractivity contribution is 7.91. The maximum atomic E-state index is 13.2. The summed E-state index contributed by atoms with van der Waals surface area (Å²) < 4.78 is 26.4. The average molecular weight is 312 g/mol. The molecule has 0 N–H and O–H groups in total. The van der Waals surface area contributed by atoms with E-state index in [0.717, 1.165) is 24.8 Å². The molecule has 0 radical (unpaired) electrons. The van der Waals surface area contributed by atoms with Gasteiger partial charge in [0.1, 0.15) is 0 Å². The highest BCUT2D eigenvalue weighted by Gasteiger charge is 2.35. The molecule has 0 bridgehead atoms. The zero-order chi connectivity index (χ0) is 15.4. The van der Waals surface area contributed by atoms with Crippen molar-refractivity contribution in [3.63, 3.8) is 0 Å². The van der Waals surface area contributed by atoms with E-state index in [-0.39, 0.29) is 5.92 Å². The lowest BCUT2D eigenvalue weighted by atomic mass is 9.89. The first-order valence-electron chi connectivity index (χ1n) is 7.70. The molecule has 0 amide bonds. The van der Waals surface area contributed by atoms with Crippen LogP contribution >= 0.6 is 0 Å². The summed E-state index contributed by atoms with van der Waals surface area (Å²) in [7, 11) is -3.40. The second-order valence-electron chi connectivity index (χ2n) is 5.71. The highest BCUT2D eigenvalue weighted by Crippen LogP contribution is 2.39. The fourth-order valence-electron chi connectivity index (χ4n) is 3.15. The summed E-state index contributed by atoms with van der Waals surface area (Å²) in [6.07, 6.45) is 7.21. The SMILES string of the molecule is O=S(=O)(c1ccccc1)C(c1ccccc1)C1C=CCCC1. The topological polar surface area (TPSA) is 34.1 Å². The van der Waals surface area contributed by atoms with Crippen molar-refractivity contribution in [1.82, 2.24) is 0 Å². The number of benzene rings is 2. The number of hydrogen-bond acceptors (Lipinski definition) is 2. The molecule has 0 spiro atoms. The minimum absolute atomic E-state index is 0.0429. The van der Waals surface area contributed by atoms with E-state index in [0.29, 0.717) is 4.90 Å². The van der Waals surface area contributed by atoms with Crippen LogP contribution in [0.25, 0.3) is 0 Å². The highest BCUT2D eigenvalue weighted by atomic mass is 32.2. The van der Waals surface area contributed by atoms with E-state index in [9.17, 15) is 8.42 Å². The van der Waals surface area contributed by atoms with Crippen LogP contribution in [0.3, 0.4) is 0 Å². The normalized spacial score (nSPS) is 19.7. The molecule has 2 aromatic carbocycles. The van der Waals surface area contributed by atoms with Gasteiger partial charge in [0.15, 0.2) is 9.84 Å². The molecule has 0 saturated carbocycles. The Balaban J connectivity index is 2.09. The van der Waals surface area contributed by atoms with Gasteiger partial charge in [0.2, 0.25) is 0 Å². The van der Waals surface area contributed by atoms with Crippen LogP contribution in [0, 0.1) is 5.92 Å². The van der Waals surface area contributed by atoms with Crippen molar-refractivity contribution in [2.24, 2.45) is 5.92 Å². The van der Waals surface area contributed by atoms with Gasteiger partial charge in [-0.2, -0.15) is 0 Å². The van der Waals surface area contributed by atoms with E-state index in [2.05, 4.69) is 12.2 Å². The molecule has 0 fully saturated rings. The summed E-state index contributed by atoms with van der Waals surface area (Å²) in [5.41, 5.74) is 0.878. The molecular formula is C19H20O2S. The molecule has 3 rings (SSSR count). The van der Waals surface area contributed by atoms with E-state index in [1.54, 1.807) is 24.3 Å². The molecule has 0 heterocycles. The molecule has 2 atom stereocenters. The Kier molecular flexibility index (Phi) is 4.44. The van der Waals surface area contributed by atoms with Gasteiger partial charge in [-0.05, 0) is 42.9 Å². The van der Waals surface area contributed by atoms with Crippen LogP contribution in [-0.4, -0.2) is 8.42 Å². The number of hydrogen-bond donors (Lipinski definition) is 0. The van der Waals surface area contributed by atoms with Gasteiger partial charge in [0.05, 0.1) is 10.1 Å². The van der Waals surface area contributed by atoms with Gasteiger partial charge in [-0.25, -0.2) is 8.42 Å². The smallest absolute Gasteiger partial charge is 0.185 e. The van der Waals surface area contributed by atoms with Crippen molar-refractivity contribution in [2.75, 3.05) is 0 Å². The lowest BCUT2D eigenvalue weighted by molar-refractivity contribution is 0.496. The van der Waals surface area contributed by atoms with Gasteiger partial charge in [-0.15, -0.1) is 0 Å². The molecule has 0 saturated heterocycles. The summed E-state index contributed by atoms with van der Waals surface area (Å²) >= 11 is 0. The maximum Gasteiger partial charge on any atom is 0.185 e. The van der Waals surface area contributed by atoms with E-state index in [1.165, 1.54) is 0 Å². The monoisotopic (exact) mass is 312 g/mol. The van der Waals surface area contributed by atoms with Crippen LogP contribution in [0.4, 0.5) is 0 Å². The predicted octanol–water partition coefficient (Wildman–Crippen LogP) is 4.56. The fourth-order valence-corrected chi connectivity index (χ4v) is 5.18. The lowest BCUT2D eigenvalue weighted by Gasteiger charge is -2.27. The van der Waals surface area contributed by atoms with Crippen LogP contribution in [-0.2, 0) is 9.84 Å². The molecule has 0 aliphatic heterocycles. The first-order valence-corrected chi connectivity index (χ1v) is 9.25. The summed E-state index contributed by atoms with van der Waals surface area (Å²) in [4.78, 5) is 0.405. The number of rotatable bonds is 4. The van der Waals surface area contributed by atoms with Crippen LogP contribution in [0.1, 0.15) is 30.1 Å². The lowest BCUT2D eigenvalue weighted by Crippen LogP contribution is -2.22. The van der Waals surface area contributed by atoms with Gasteiger partial charge >= 0.3 is 0 Å². The summed E-state index contributed by atoms with van der Waals surface area (Å²) in [6, 6.07) is 18.4. The molecule has 22 heavy (non-hydrogen) atoms. The van der Waals surface area contributed by atoms with Crippen LogP contribution in [0.2, 0.25) is 0 Å². The second-order valence-corrected chi connectivity index (χ2v) is 7.78. The van der Waals surface area contributed by atoms with Gasteiger partial charge in [0.25, 0.3) is 0 Å². The van der Waals surface area contributed by atoms with Crippen LogP contribution < -0.4 is 0 Å². The maximum absolute atomic E-state index is 13.2. The minimum Gasteiger partial charge on any atom is -0.223 e. The number of allylic oxidation sites excluding steroid dienone is 2. The zero-order valence-electron chi connectivity index (χ0n) is 12.4. The Bertz CT molecular complexity index is 734. The third-order valence-corrected chi connectivity index (χ3v) is 6.43. The fraction of sp³-hybridized carbons (Fsp3) is 0.263. The van der Waals surface area contributed by atoms with E-state index in [4.69, 9.17) is 0 Å². The number of sulfone groups is 1. The van der Waals surface area contributed by atoms with E-state index < -0.39 is 15.1 Å². The first-order chi connectivity index (χ1) is 10.7. The van der Waals surface area contributed by atoms with Crippen molar-refractivity contribution >= 4 is 9.84 Å². The van der Waals surface area contributed by atoms with Gasteiger partial charge < -0.3 is 0 Å². The molecule has 2 unspecified atom stereocenters. The third-order valence-electron chi connectivity index (χ3n) is 4.21. The largest absolute Gasteiger partial charge is 0.223 e. The van der Waals surface area contributed by atoms with Crippen molar-refractivity contribution < 1.29 is 8.42 Å². The Labute approximate surface area is 132 Å². The minimum atomic E-state index is -3.40. The third kappa shape index (κ3) is 3.00. The molecule has 2 aromatic rings. The molecule has 0 aromatic heterocycles. The molecule has 1 aliphatic rings. The second kappa shape index (κ2) is 6.49. The van der Waals surface area contributed by atoms with Crippen molar-refractivity contribution in [3.8, 4) is 0 Å². The van der Waals surface area contributed by atoms with Crippen LogP contribution in [0.15, 0.2) is 77.7 Å². The Morgan fingerprint density at radius 1 is 0.909 bits per heavy atom. The van der Waals surface area contributed by atoms with Gasteiger partial charge in [-0.1, -0.05) is 60.7 Å². The Hall–Kier alpha value is -1.87. The van der Waals surface area contributed by atoms with Crippen molar-refractivity contribution in [2.45, 2.75) is 29.4 Å². The Morgan fingerprint density at radius 2 is 1.55 bits per heavy atom. The standard InChI is InChI=1S/C19H20O2S/c20-22(21,18-14-8-3-9-15-18)19(16-10-4-1-5-11-16)17-12-6-2-7-13-17/h1,3-6,8-12,14-15,17,19H,2,7,13H2. The van der Waals surface area contributed by atoms with Crippen LogP contribution in [0.5, 0.6) is 0 Å². The van der Waals surface area contributed by atoms with Gasteiger partial charge in [-0.3, -0.25) is 0 Å². The molecule has 114 valence electrons. The quantitative estimate of drug-likeness (QED) is 0.776. The summed E-state index contributed by atoms with van der Waals surface area (Å²) in [5.74, 6) is 0.0429. The molecule has 2 nitrogen and oxygen atoms in total. The van der Waals surface area contributed by atoms with Crippen molar-refractivity contribution in [3.05, 3.63) is 78.4 Å². The average Bonchev–Trinajstić information content (AvgIpc) is 2.58. The Morgan fingerprint density at radius 3 is 2.14 bits per heavy atom. The first kappa shape index (κ1) is 15.0. The van der Waals surface area contributed by atoms with E-state index in [1.807, 2.05) is 36.4 Å². The van der Waals surface area contributed by atoms with E-state index >= 15 is 0 Å². The molecular weight excluding hydrogens is 292 g/mol.